The largest absolute Gasteiger partial charge is 0.326 e. The van der Waals surface area contributed by atoms with Crippen LogP contribution in [0.3, 0.4) is 0 Å². The van der Waals surface area contributed by atoms with Gasteiger partial charge >= 0.3 is 0 Å². The molecule has 0 aliphatic heterocycles. The Labute approximate surface area is 127 Å². The van der Waals surface area contributed by atoms with E-state index in [2.05, 4.69) is 12.2 Å². The van der Waals surface area contributed by atoms with Crippen molar-refractivity contribution in [1.82, 2.24) is 0 Å². The predicted octanol–water partition coefficient (Wildman–Crippen LogP) is 4.43. The molecule has 0 bridgehead atoms. The lowest BCUT2D eigenvalue weighted by Crippen LogP contribution is -2.27. The van der Waals surface area contributed by atoms with E-state index >= 15 is 0 Å². The zero-order valence-corrected chi connectivity index (χ0v) is 12.8. The third-order valence-electron chi connectivity index (χ3n) is 4.47. The van der Waals surface area contributed by atoms with Crippen LogP contribution in [-0.2, 0) is 4.79 Å². The number of carbonyl (C=O) groups is 2. The van der Waals surface area contributed by atoms with Gasteiger partial charge in [0.1, 0.15) is 6.29 Å². The topological polar surface area (TPSA) is 46.2 Å². The number of nitrogens with one attached hydrogen (secondary N) is 1. The standard InChI is InChI=1S/C18H25NO2/c1-2-3-5-14-8-10-16(11-9-14)18(21)19-17-7-4-6-15(12-17)13-20/h4,6-7,12-14,16H,2-3,5,8-11H2,1H3,(H,19,21). The van der Waals surface area contributed by atoms with E-state index in [9.17, 15) is 9.59 Å². The predicted molar refractivity (Wildman–Crippen MR) is 85.4 cm³/mol. The Hall–Kier alpha value is -1.64. The molecule has 1 saturated carbocycles. The van der Waals surface area contributed by atoms with Crippen LogP contribution in [0.5, 0.6) is 0 Å². The van der Waals surface area contributed by atoms with Crippen LogP contribution in [0.4, 0.5) is 5.69 Å². The first-order valence-electron chi connectivity index (χ1n) is 8.09. The molecule has 0 unspecified atom stereocenters. The fraction of sp³-hybridized carbons (Fsp3) is 0.556. The second kappa shape index (κ2) is 7.96. The SMILES string of the molecule is CCCCC1CCC(C(=O)Nc2cccc(C=O)c2)CC1. The number of unbranched alkanes of at least 4 members (excludes halogenated alkanes) is 1. The molecule has 2 rings (SSSR count). The molecule has 0 radical (unpaired) electrons. The van der Waals surface area contributed by atoms with E-state index in [1.807, 2.05) is 6.07 Å². The number of anilines is 1. The van der Waals surface area contributed by atoms with Gasteiger partial charge < -0.3 is 5.32 Å². The van der Waals surface area contributed by atoms with Crippen LogP contribution in [0.15, 0.2) is 24.3 Å². The normalized spacial score (nSPS) is 21.8. The van der Waals surface area contributed by atoms with Crippen molar-refractivity contribution in [3.63, 3.8) is 0 Å². The van der Waals surface area contributed by atoms with Crippen molar-refractivity contribution in [3.05, 3.63) is 29.8 Å². The third-order valence-corrected chi connectivity index (χ3v) is 4.47. The van der Waals surface area contributed by atoms with Gasteiger partial charge in [0.15, 0.2) is 0 Å². The van der Waals surface area contributed by atoms with E-state index in [1.54, 1.807) is 18.2 Å². The molecule has 1 fully saturated rings. The minimum Gasteiger partial charge on any atom is -0.326 e. The monoisotopic (exact) mass is 287 g/mol. The summed E-state index contributed by atoms with van der Waals surface area (Å²) in [6, 6.07) is 7.08. The Morgan fingerprint density at radius 1 is 1.29 bits per heavy atom. The molecule has 1 amide bonds. The number of benzene rings is 1. The fourth-order valence-electron chi connectivity index (χ4n) is 3.14. The van der Waals surface area contributed by atoms with Crippen molar-refractivity contribution in [2.75, 3.05) is 5.32 Å². The molecule has 1 aromatic rings. The highest BCUT2D eigenvalue weighted by molar-refractivity contribution is 5.93. The van der Waals surface area contributed by atoms with E-state index in [4.69, 9.17) is 0 Å². The summed E-state index contributed by atoms with van der Waals surface area (Å²) >= 11 is 0. The minimum atomic E-state index is 0.104. The summed E-state index contributed by atoms with van der Waals surface area (Å²) in [5.41, 5.74) is 1.31. The second-order valence-electron chi connectivity index (χ2n) is 6.09. The highest BCUT2D eigenvalue weighted by atomic mass is 16.1. The smallest absolute Gasteiger partial charge is 0.227 e. The number of hydrogen-bond acceptors (Lipinski definition) is 2. The summed E-state index contributed by atoms with van der Waals surface area (Å²) in [7, 11) is 0. The maximum absolute atomic E-state index is 12.3. The molecule has 3 nitrogen and oxygen atoms in total. The van der Waals surface area contributed by atoms with Crippen LogP contribution in [0.25, 0.3) is 0 Å². The van der Waals surface area contributed by atoms with Crippen LogP contribution in [0.1, 0.15) is 62.2 Å². The average Bonchev–Trinajstić information content (AvgIpc) is 2.53. The molecule has 0 saturated heterocycles. The molecule has 0 aromatic heterocycles. The van der Waals surface area contributed by atoms with Crippen LogP contribution in [0.2, 0.25) is 0 Å². The molecule has 0 heterocycles. The van der Waals surface area contributed by atoms with Gasteiger partial charge in [0.25, 0.3) is 0 Å². The Morgan fingerprint density at radius 2 is 2.05 bits per heavy atom. The van der Waals surface area contributed by atoms with Crippen LogP contribution in [-0.4, -0.2) is 12.2 Å². The number of amides is 1. The quantitative estimate of drug-likeness (QED) is 0.786. The van der Waals surface area contributed by atoms with Crippen LogP contribution >= 0.6 is 0 Å². The van der Waals surface area contributed by atoms with Gasteiger partial charge in [0.05, 0.1) is 0 Å². The van der Waals surface area contributed by atoms with Crippen molar-refractivity contribution in [1.29, 1.82) is 0 Å². The molecular formula is C18H25NO2. The van der Waals surface area contributed by atoms with Gasteiger partial charge in [-0.15, -0.1) is 0 Å². The van der Waals surface area contributed by atoms with Crippen molar-refractivity contribution in [2.45, 2.75) is 51.9 Å². The number of hydrogen-bond donors (Lipinski definition) is 1. The lowest BCUT2D eigenvalue weighted by molar-refractivity contribution is -0.121. The Bertz CT molecular complexity index is 476. The molecule has 3 heteroatoms. The summed E-state index contributed by atoms with van der Waals surface area (Å²) < 4.78 is 0. The maximum Gasteiger partial charge on any atom is 0.227 e. The molecule has 1 aliphatic rings. The number of aldehydes is 1. The molecule has 1 N–H and O–H groups in total. The highest BCUT2D eigenvalue weighted by Gasteiger charge is 2.25. The average molecular weight is 287 g/mol. The molecular weight excluding hydrogens is 262 g/mol. The van der Waals surface area contributed by atoms with Gasteiger partial charge in [-0.25, -0.2) is 0 Å². The molecule has 21 heavy (non-hydrogen) atoms. The van der Waals surface area contributed by atoms with E-state index < -0.39 is 0 Å². The van der Waals surface area contributed by atoms with E-state index in [0.29, 0.717) is 5.56 Å². The summed E-state index contributed by atoms with van der Waals surface area (Å²) in [5.74, 6) is 1.04. The molecule has 0 atom stereocenters. The second-order valence-corrected chi connectivity index (χ2v) is 6.09. The summed E-state index contributed by atoms with van der Waals surface area (Å²) in [5, 5.41) is 2.95. The molecule has 1 aromatic carbocycles. The van der Waals surface area contributed by atoms with Crippen molar-refractivity contribution in [2.24, 2.45) is 11.8 Å². The van der Waals surface area contributed by atoms with E-state index in [0.717, 1.165) is 30.7 Å². The highest BCUT2D eigenvalue weighted by Crippen LogP contribution is 2.32. The molecule has 1 aliphatic carbocycles. The first-order chi connectivity index (χ1) is 10.2. The zero-order valence-electron chi connectivity index (χ0n) is 12.8. The van der Waals surface area contributed by atoms with Gasteiger partial charge in [-0.3, -0.25) is 9.59 Å². The maximum atomic E-state index is 12.3. The summed E-state index contributed by atoms with van der Waals surface area (Å²) in [4.78, 5) is 23.0. The van der Waals surface area contributed by atoms with Crippen molar-refractivity contribution < 1.29 is 9.59 Å². The van der Waals surface area contributed by atoms with Crippen LogP contribution < -0.4 is 5.32 Å². The third kappa shape index (κ3) is 4.69. The molecule has 0 spiro atoms. The first kappa shape index (κ1) is 15.7. The lowest BCUT2D eigenvalue weighted by atomic mass is 9.79. The lowest BCUT2D eigenvalue weighted by Gasteiger charge is -2.27. The van der Waals surface area contributed by atoms with Gasteiger partial charge in [0.2, 0.25) is 5.91 Å². The van der Waals surface area contributed by atoms with Crippen LogP contribution in [0, 0.1) is 11.8 Å². The Balaban J connectivity index is 1.83. The van der Waals surface area contributed by atoms with Crippen molar-refractivity contribution in [3.8, 4) is 0 Å². The van der Waals surface area contributed by atoms with Crippen molar-refractivity contribution >= 4 is 17.9 Å². The summed E-state index contributed by atoms with van der Waals surface area (Å²) in [6.07, 6.45) is 9.01. The number of carbonyl (C=O) groups excluding carboxylic acids is 2. The van der Waals surface area contributed by atoms with Gasteiger partial charge in [-0.2, -0.15) is 0 Å². The molecule has 114 valence electrons. The Morgan fingerprint density at radius 3 is 2.71 bits per heavy atom. The first-order valence-corrected chi connectivity index (χ1v) is 8.09. The van der Waals surface area contributed by atoms with Gasteiger partial charge in [-0.05, 0) is 43.7 Å². The zero-order chi connectivity index (χ0) is 15.1. The number of rotatable bonds is 6. The summed E-state index contributed by atoms with van der Waals surface area (Å²) in [6.45, 7) is 2.23. The minimum absolute atomic E-state index is 0.104. The fourth-order valence-corrected chi connectivity index (χ4v) is 3.14. The van der Waals surface area contributed by atoms with Gasteiger partial charge in [0, 0.05) is 17.2 Å². The van der Waals surface area contributed by atoms with Gasteiger partial charge in [-0.1, -0.05) is 38.3 Å². The van der Waals surface area contributed by atoms with E-state index in [1.165, 1.54) is 32.1 Å². The van der Waals surface area contributed by atoms with E-state index in [-0.39, 0.29) is 11.8 Å². The Kier molecular flexibility index (Phi) is 5.97.